The van der Waals surface area contributed by atoms with Gasteiger partial charge in [0.1, 0.15) is 0 Å². The molecule has 0 saturated heterocycles. The molecular formula is C32H22Cl2HfN4. The second-order valence-electron chi connectivity index (χ2n) is 9.66. The minimum absolute atomic E-state index is 0. The van der Waals surface area contributed by atoms with E-state index in [0.717, 1.165) is 0 Å². The molecule has 2 atom stereocenters. The van der Waals surface area contributed by atoms with Crippen molar-refractivity contribution < 1.29 is 47.7 Å². The van der Waals surface area contributed by atoms with Crippen molar-refractivity contribution in [3.05, 3.63) is 132 Å². The van der Waals surface area contributed by atoms with Crippen molar-refractivity contribution in [2.45, 2.75) is 7.35 Å². The minimum atomic E-state index is -1.47. The number of hydrogen-bond acceptors (Lipinski definition) is 2. The molecule has 2 heterocycles. The van der Waals surface area contributed by atoms with Crippen LogP contribution >= 0.6 is 0 Å². The van der Waals surface area contributed by atoms with Crippen LogP contribution in [0.1, 0.15) is 29.6 Å². The number of halogens is 2. The molecule has 2 aromatic heterocycles. The van der Waals surface area contributed by atoms with Crippen molar-refractivity contribution in [3.63, 3.8) is 0 Å². The topological polar surface area (TPSA) is 35.6 Å². The van der Waals surface area contributed by atoms with E-state index < -0.39 is 22.9 Å². The number of rotatable bonds is 4. The van der Waals surface area contributed by atoms with Crippen LogP contribution in [0.4, 0.5) is 0 Å². The molecule has 0 aliphatic heterocycles. The maximum absolute atomic E-state index is 4.89. The summed E-state index contributed by atoms with van der Waals surface area (Å²) in [5.74, 6) is 0. The summed E-state index contributed by atoms with van der Waals surface area (Å²) >= 11 is -1.47. The number of hydrogen-bond donors (Lipinski definition) is 0. The summed E-state index contributed by atoms with van der Waals surface area (Å²) in [5, 5.41) is 12.1. The van der Waals surface area contributed by atoms with E-state index in [1.807, 2.05) is 12.4 Å². The van der Waals surface area contributed by atoms with Gasteiger partial charge in [0.25, 0.3) is 0 Å². The molecule has 0 saturated carbocycles. The summed E-state index contributed by atoms with van der Waals surface area (Å²) in [5.41, 5.74) is 10.6. The SMILES string of the molecule is C1=C(n2ncc3ccccc32)[CH]([Hf+2][CH]2C(n3ncc4ccccc43)=Cc3ccccc32)c2ccccc21.[Cl-].[Cl-]. The Morgan fingerprint density at radius 1 is 0.513 bits per heavy atom. The molecule has 2 aliphatic rings. The van der Waals surface area contributed by atoms with Gasteiger partial charge < -0.3 is 24.8 Å². The van der Waals surface area contributed by atoms with Crippen LogP contribution < -0.4 is 24.8 Å². The quantitative estimate of drug-likeness (QED) is 0.259. The summed E-state index contributed by atoms with van der Waals surface area (Å²) in [6, 6.07) is 34.9. The van der Waals surface area contributed by atoms with Gasteiger partial charge in [0, 0.05) is 0 Å². The van der Waals surface area contributed by atoms with Crippen molar-refractivity contribution in [1.82, 2.24) is 19.6 Å². The van der Waals surface area contributed by atoms with Crippen molar-refractivity contribution in [3.8, 4) is 0 Å². The van der Waals surface area contributed by atoms with Gasteiger partial charge in [-0.2, -0.15) is 0 Å². The van der Waals surface area contributed by atoms with Crippen molar-refractivity contribution >= 4 is 45.4 Å². The molecule has 4 nitrogen and oxygen atoms in total. The molecule has 0 amide bonds. The number of allylic oxidation sites excluding steroid dienone is 2. The zero-order chi connectivity index (χ0) is 24.3. The Morgan fingerprint density at radius 3 is 1.41 bits per heavy atom. The van der Waals surface area contributed by atoms with E-state index in [4.69, 9.17) is 10.2 Å². The summed E-state index contributed by atoms with van der Waals surface area (Å²) in [7, 11) is 0. The van der Waals surface area contributed by atoms with E-state index in [0.29, 0.717) is 7.35 Å². The predicted molar refractivity (Wildman–Crippen MR) is 146 cm³/mol. The molecule has 0 N–H and O–H groups in total. The van der Waals surface area contributed by atoms with Crippen LogP contribution in [-0.2, 0) is 22.9 Å². The third-order valence-corrected chi connectivity index (χ3v) is 14.3. The van der Waals surface area contributed by atoms with Gasteiger partial charge in [-0.25, -0.2) is 0 Å². The van der Waals surface area contributed by atoms with Crippen LogP contribution in [0, 0.1) is 0 Å². The second kappa shape index (κ2) is 10.4. The number of nitrogens with zero attached hydrogens (tertiary/aromatic N) is 4. The minimum Gasteiger partial charge on any atom is -1.00 e. The Bertz CT molecular complexity index is 1760. The zero-order valence-electron chi connectivity index (χ0n) is 20.7. The molecule has 0 fully saturated rings. The van der Waals surface area contributed by atoms with E-state index in [9.17, 15) is 0 Å². The summed E-state index contributed by atoms with van der Waals surface area (Å²) in [6.07, 6.45) is 8.74. The van der Waals surface area contributed by atoms with Gasteiger partial charge in [0.05, 0.1) is 0 Å². The average molecular weight is 712 g/mol. The van der Waals surface area contributed by atoms with Gasteiger partial charge >= 0.3 is 227 Å². The molecule has 0 radical (unpaired) electrons. The Morgan fingerprint density at radius 2 is 0.923 bits per heavy atom. The maximum atomic E-state index is 4.89. The molecule has 0 spiro atoms. The standard InChI is InChI=1S/2C16H11N2.2ClH.Hf/c2*1-2-6-13-10-15(9-12(13)5-1)18-16-8-4-3-7-14(16)11-17-18;;;/h2*1-11H;2*1H;/q;;;;+2/p-2. The fraction of sp³-hybridized carbons (Fsp3) is 0.0625. The van der Waals surface area contributed by atoms with Gasteiger partial charge in [-0.05, 0) is 0 Å². The second-order valence-corrected chi connectivity index (χ2v) is 15.0. The summed E-state index contributed by atoms with van der Waals surface area (Å²) in [6.45, 7) is 0. The number of benzene rings is 4. The summed E-state index contributed by atoms with van der Waals surface area (Å²) < 4.78 is 5.20. The number of fused-ring (bicyclic) bond motifs is 4. The first-order chi connectivity index (χ1) is 18.3. The van der Waals surface area contributed by atoms with E-state index in [2.05, 4.69) is 119 Å². The van der Waals surface area contributed by atoms with Gasteiger partial charge in [0.2, 0.25) is 0 Å². The first-order valence-electron chi connectivity index (χ1n) is 12.6. The summed E-state index contributed by atoms with van der Waals surface area (Å²) in [4.78, 5) is 0. The smallest absolute Gasteiger partial charge is 1.00 e. The molecule has 188 valence electrons. The largest absolute Gasteiger partial charge is 1.00 e. The van der Waals surface area contributed by atoms with Crippen LogP contribution in [0.5, 0.6) is 0 Å². The molecule has 2 aliphatic carbocycles. The Hall–Kier alpha value is -3.25. The van der Waals surface area contributed by atoms with Gasteiger partial charge in [-0.3, -0.25) is 0 Å². The first-order valence-corrected chi connectivity index (χ1v) is 16.7. The van der Waals surface area contributed by atoms with E-state index >= 15 is 0 Å². The molecule has 2 unspecified atom stereocenters. The van der Waals surface area contributed by atoms with Crippen LogP contribution in [0.3, 0.4) is 0 Å². The molecular weight excluding hydrogens is 690 g/mol. The van der Waals surface area contributed by atoms with Crippen LogP contribution in [0.15, 0.2) is 109 Å². The molecule has 4 aromatic carbocycles. The fourth-order valence-corrected chi connectivity index (χ4v) is 12.9. The number of para-hydroxylation sites is 2. The Kier molecular flexibility index (Phi) is 6.92. The van der Waals surface area contributed by atoms with Crippen LogP contribution in [0.25, 0.3) is 45.4 Å². The third kappa shape index (κ3) is 4.15. The predicted octanol–water partition coefficient (Wildman–Crippen LogP) is 1.28. The monoisotopic (exact) mass is 712 g/mol. The van der Waals surface area contributed by atoms with Gasteiger partial charge in [-0.15, -0.1) is 0 Å². The first kappa shape index (κ1) is 26.0. The van der Waals surface area contributed by atoms with E-state index in [-0.39, 0.29) is 24.8 Å². The van der Waals surface area contributed by atoms with E-state index in [1.54, 1.807) is 0 Å². The number of aromatic nitrogens is 4. The zero-order valence-corrected chi connectivity index (χ0v) is 25.9. The van der Waals surface area contributed by atoms with Crippen molar-refractivity contribution in [1.29, 1.82) is 0 Å². The molecule has 8 rings (SSSR count). The molecule has 7 heteroatoms. The average Bonchev–Trinajstić information content (AvgIpc) is 3.72. The van der Waals surface area contributed by atoms with Gasteiger partial charge in [-0.1, -0.05) is 0 Å². The van der Waals surface area contributed by atoms with Crippen molar-refractivity contribution in [2.75, 3.05) is 0 Å². The Balaban J connectivity index is 0.00000138. The molecule has 0 bridgehead atoms. The van der Waals surface area contributed by atoms with Crippen molar-refractivity contribution in [2.24, 2.45) is 0 Å². The van der Waals surface area contributed by atoms with E-state index in [1.165, 1.54) is 55.5 Å². The Labute approximate surface area is 250 Å². The van der Waals surface area contributed by atoms with Crippen LogP contribution in [-0.4, -0.2) is 19.6 Å². The normalized spacial score (nSPS) is 17.0. The fourth-order valence-electron chi connectivity index (χ4n) is 5.85. The third-order valence-electron chi connectivity index (χ3n) is 7.59. The van der Waals surface area contributed by atoms with Gasteiger partial charge in [0.15, 0.2) is 0 Å². The molecule has 39 heavy (non-hydrogen) atoms. The van der Waals surface area contributed by atoms with Crippen LogP contribution in [0.2, 0.25) is 0 Å². The molecule has 6 aromatic rings. The maximum Gasteiger partial charge on any atom is -1.00 e.